The number of amides is 2. The van der Waals surface area contributed by atoms with E-state index < -0.39 is 0 Å². The van der Waals surface area contributed by atoms with E-state index in [-0.39, 0.29) is 23.8 Å². The Bertz CT molecular complexity index is 728. The van der Waals surface area contributed by atoms with Gasteiger partial charge in [0.1, 0.15) is 5.75 Å². The molecule has 5 heteroatoms. The van der Waals surface area contributed by atoms with Crippen LogP contribution in [-0.4, -0.2) is 35.9 Å². The van der Waals surface area contributed by atoms with E-state index in [1.54, 1.807) is 6.07 Å². The number of ether oxygens (including phenoxy) is 1. The van der Waals surface area contributed by atoms with Crippen molar-refractivity contribution in [2.24, 2.45) is 5.92 Å². The fraction of sp³-hybridized carbons (Fsp3) is 0.524. The second kappa shape index (κ2) is 7.52. The molecular weight excluding hydrogens is 328 g/mol. The summed E-state index contributed by atoms with van der Waals surface area (Å²) in [4.78, 5) is 27.6. The lowest BCUT2D eigenvalue weighted by Crippen LogP contribution is -2.45. The molecule has 2 amide bonds. The number of nitrogens with zero attached hydrogens (tertiary/aromatic N) is 1. The first-order chi connectivity index (χ1) is 12.7. The van der Waals surface area contributed by atoms with Crippen LogP contribution in [0.3, 0.4) is 0 Å². The fourth-order valence-corrected chi connectivity index (χ4v) is 4.20. The van der Waals surface area contributed by atoms with Crippen LogP contribution in [0.2, 0.25) is 0 Å². The number of hydrogen-bond acceptors (Lipinski definition) is 3. The van der Waals surface area contributed by atoms with Gasteiger partial charge >= 0.3 is 0 Å². The zero-order valence-corrected chi connectivity index (χ0v) is 15.1. The zero-order chi connectivity index (χ0) is 17.9. The molecule has 1 aromatic rings. The molecule has 0 spiro atoms. The normalized spacial score (nSPS) is 25.4. The van der Waals surface area contributed by atoms with E-state index in [9.17, 15) is 9.59 Å². The lowest BCUT2D eigenvalue weighted by atomic mass is 9.93. The minimum absolute atomic E-state index is 0.0143. The van der Waals surface area contributed by atoms with Gasteiger partial charge in [-0.05, 0) is 56.7 Å². The average Bonchev–Trinajstić information content (AvgIpc) is 2.68. The standard InChI is InChI=1S/C21H26N2O3/c24-20(15-6-2-1-3-7-15)22-16-9-10-19-18(14-16)21(25)23-12-5-4-8-17(23)11-13-26-19/h1-2,9-10,14-15,17H,3-8,11-13H2,(H,22,24). The number of nitrogens with one attached hydrogen (secondary N) is 1. The van der Waals surface area contributed by atoms with Crippen molar-refractivity contribution in [3.05, 3.63) is 35.9 Å². The van der Waals surface area contributed by atoms with Gasteiger partial charge in [-0.3, -0.25) is 9.59 Å². The van der Waals surface area contributed by atoms with E-state index in [0.29, 0.717) is 23.6 Å². The maximum absolute atomic E-state index is 13.1. The predicted octanol–water partition coefficient (Wildman–Crippen LogP) is 3.76. The molecule has 26 heavy (non-hydrogen) atoms. The summed E-state index contributed by atoms with van der Waals surface area (Å²) in [5, 5.41) is 2.99. The van der Waals surface area contributed by atoms with Crippen LogP contribution in [-0.2, 0) is 4.79 Å². The van der Waals surface area contributed by atoms with Crippen molar-refractivity contribution in [2.45, 2.75) is 51.0 Å². The minimum Gasteiger partial charge on any atom is -0.493 e. The largest absolute Gasteiger partial charge is 0.493 e. The van der Waals surface area contributed by atoms with Crippen LogP contribution in [0.4, 0.5) is 5.69 Å². The highest BCUT2D eigenvalue weighted by Gasteiger charge is 2.31. The Hall–Kier alpha value is -2.30. The number of benzene rings is 1. The molecule has 3 aliphatic rings. The number of allylic oxidation sites excluding steroid dienone is 2. The monoisotopic (exact) mass is 354 g/mol. The Balaban J connectivity index is 1.55. The molecule has 1 saturated heterocycles. The van der Waals surface area contributed by atoms with Crippen LogP contribution in [0.5, 0.6) is 5.75 Å². The molecule has 0 bridgehead atoms. The van der Waals surface area contributed by atoms with E-state index in [1.807, 2.05) is 17.0 Å². The third-order valence-corrected chi connectivity index (χ3v) is 5.71. The highest BCUT2D eigenvalue weighted by atomic mass is 16.5. The summed E-state index contributed by atoms with van der Waals surface area (Å²) in [7, 11) is 0. The van der Waals surface area contributed by atoms with E-state index in [2.05, 4.69) is 17.5 Å². The van der Waals surface area contributed by atoms with Crippen LogP contribution in [0.1, 0.15) is 55.3 Å². The summed E-state index contributed by atoms with van der Waals surface area (Å²) < 4.78 is 5.85. The summed E-state index contributed by atoms with van der Waals surface area (Å²) in [5.74, 6) is 0.698. The Morgan fingerprint density at radius 1 is 1.15 bits per heavy atom. The van der Waals surface area contributed by atoms with Crippen LogP contribution in [0.25, 0.3) is 0 Å². The lowest BCUT2D eigenvalue weighted by Gasteiger charge is -2.37. The minimum atomic E-state index is 0.0143. The molecule has 0 saturated carbocycles. The lowest BCUT2D eigenvalue weighted by molar-refractivity contribution is -0.120. The number of carbonyl (C=O) groups is 2. The Labute approximate surface area is 154 Å². The Morgan fingerprint density at radius 3 is 2.92 bits per heavy atom. The summed E-state index contributed by atoms with van der Waals surface area (Å²) in [6.45, 7) is 1.44. The van der Waals surface area contributed by atoms with Gasteiger partial charge in [-0.2, -0.15) is 0 Å². The molecule has 1 aromatic carbocycles. The summed E-state index contributed by atoms with van der Waals surface area (Å²) in [6, 6.07) is 5.70. The number of piperidine rings is 1. The molecule has 5 nitrogen and oxygen atoms in total. The third kappa shape index (κ3) is 3.48. The zero-order valence-electron chi connectivity index (χ0n) is 15.1. The van der Waals surface area contributed by atoms with Crippen LogP contribution in [0.15, 0.2) is 30.4 Å². The molecule has 2 heterocycles. The van der Waals surface area contributed by atoms with Crippen LogP contribution < -0.4 is 10.1 Å². The molecule has 2 atom stereocenters. The number of carbonyl (C=O) groups excluding carboxylic acids is 2. The van der Waals surface area contributed by atoms with Crippen LogP contribution in [0, 0.1) is 5.92 Å². The van der Waals surface area contributed by atoms with E-state index in [4.69, 9.17) is 4.74 Å². The topological polar surface area (TPSA) is 58.6 Å². The fourth-order valence-electron chi connectivity index (χ4n) is 4.20. The molecule has 0 aromatic heterocycles. The predicted molar refractivity (Wildman–Crippen MR) is 100 cm³/mol. The van der Waals surface area contributed by atoms with Gasteiger partial charge in [-0.25, -0.2) is 0 Å². The second-order valence-electron chi connectivity index (χ2n) is 7.47. The van der Waals surface area contributed by atoms with Gasteiger partial charge in [0, 0.05) is 30.6 Å². The average molecular weight is 354 g/mol. The highest BCUT2D eigenvalue weighted by molar-refractivity contribution is 6.00. The van der Waals surface area contributed by atoms with Crippen molar-refractivity contribution in [2.75, 3.05) is 18.5 Å². The van der Waals surface area contributed by atoms with E-state index in [0.717, 1.165) is 45.1 Å². The molecule has 4 rings (SSSR count). The molecule has 2 aliphatic heterocycles. The van der Waals surface area contributed by atoms with E-state index in [1.165, 1.54) is 6.42 Å². The van der Waals surface area contributed by atoms with Gasteiger partial charge in [0.25, 0.3) is 5.91 Å². The summed E-state index contributed by atoms with van der Waals surface area (Å²) >= 11 is 0. The van der Waals surface area contributed by atoms with Gasteiger partial charge in [0.15, 0.2) is 0 Å². The van der Waals surface area contributed by atoms with Gasteiger partial charge < -0.3 is 15.0 Å². The van der Waals surface area contributed by atoms with Crippen molar-refractivity contribution in [3.63, 3.8) is 0 Å². The number of anilines is 1. The molecular formula is C21H26N2O3. The summed E-state index contributed by atoms with van der Waals surface area (Å²) in [5.41, 5.74) is 1.24. The second-order valence-corrected chi connectivity index (χ2v) is 7.47. The van der Waals surface area contributed by atoms with Crippen LogP contribution >= 0.6 is 0 Å². The van der Waals surface area contributed by atoms with Gasteiger partial charge in [0.2, 0.25) is 5.91 Å². The first-order valence-corrected chi connectivity index (χ1v) is 9.76. The SMILES string of the molecule is O=C(Nc1ccc2c(c1)C(=O)N1CCCCC1CCO2)C1CC=CCC1. The van der Waals surface area contributed by atoms with Crippen molar-refractivity contribution >= 4 is 17.5 Å². The highest BCUT2D eigenvalue weighted by Crippen LogP contribution is 2.31. The Kier molecular flexibility index (Phi) is 4.96. The first-order valence-electron chi connectivity index (χ1n) is 9.76. The van der Waals surface area contributed by atoms with Gasteiger partial charge in [-0.15, -0.1) is 0 Å². The van der Waals surface area contributed by atoms with Crippen molar-refractivity contribution < 1.29 is 14.3 Å². The van der Waals surface area contributed by atoms with Crippen molar-refractivity contribution in [3.8, 4) is 5.75 Å². The van der Waals surface area contributed by atoms with E-state index >= 15 is 0 Å². The number of rotatable bonds is 2. The maximum atomic E-state index is 13.1. The number of fused-ring (bicyclic) bond motifs is 2. The molecule has 0 radical (unpaired) electrons. The number of hydrogen-bond donors (Lipinski definition) is 1. The quantitative estimate of drug-likeness (QED) is 0.823. The Morgan fingerprint density at radius 2 is 2.08 bits per heavy atom. The molecule has 1 aliphatic carbocycles. The van der Waals surface area contributed by atoms with Gasteiger partial charge in [-0.1, -0.05) is 12.2 Å². The summed E-state index contributed by atoms with van der Waals surface area (Å²) in [6.07, 6.45) is 11.0. The molecule has 138 valence electrons. The third-order valence-electron chi connectivity index (χ3n) is 5.71. The van der Waals surface area contributed by atoms with Crippen molar-refractivity contribution in [1.82, 2.24) is 4.90 Å². The smallest absolute Gasteiger partial charge is 0.257 e. The first kappa shape index (κ1) is 17.1. The maximum Gasteiger partial charge on any atom is 0.257 e. The molecule has 2 unspecified atom stereocenters. The molecule has 1 fully saturated rings. The van der Waals surface area contributed by atoms with Crippen molar-refractivity contribution in [1.29, 1.82) is 0 Å². The van der Waals surface area contributed by atoms with Gasteiger partial charge in [0.05, 0.1) is 12.2 Å². The molecule has 1 N–H and O–H groups in total.